The number of benzene rings is 2. The number of carboxylic acids is 1. The molecule has 0 unspecified atom stereocenters. The van der Waals surface area contributed by atoms with Crippen molar-refractivity contribution in [3.63, 3.8) is 0 Å². The average Bonchev–Trinajstić information content (AvgIpc) is 2.59. The number of aryl methyl sites for hydroxylation is 1. The lowest BCUT2D eigenvalue weighted by molar-refractivity contribution is -0.430. The first-order chi connectivity index (χ1) is 11.6. The van der Waals surface area contributed by atoms with Gasteiger partial charge >= 0.3 is 0 Å². The van der Waals surface area contributed by atoms with E-state index in [0.717, 1.165) is 18.4 Å². The Balaban J connectivity index is 1.91. The van der Waals surface area contributed by atoms with Crippen molar-refractivity contribution < 1.29 is 25.1 Å². The summed E-state index contributed by atoms with van der Waals surface area (Å²) in [4.78, 5) is 10.7. The van der Waals surface area contributed by atoms with Gasteiger partial charge in [0.2, 0.25) is 0 Å². The van der Waals surface area contributed by atoms with Gasteiger partial charge in [-0.25, -0.2) is 0 Å². The normalized spacial score (nSPS) is 11.8. The molecule has 2 rings (SSSR count). The number of ether oxygens (including phenoxy) is 2. The lowest BCUT2D eigenvalue weighted by atomic mass is 10.0. The smallest absolute Gasteiger partial charge is 0.161 e. The quantitative estimate of drug-likeness (QED) is 0.699. The predicted molar refractivity (Wildman–Crippen MR) is 88.5 cm³/mol. The Bertz CT molecular complexity index is 658. The van der Waals surface area contributed by atoms with Gasteiger partial charge in [0.25, 0.3) is 0 Å². The highest BCUT2D eigenvalue weighted by molar-refractivity contribution is 5.65. The van der Waals surface area contributed by atoms with Crippen LogP contribution in [0.2, 0.25) is 0 Å². The van der Waals surface area contributed by atoms with Crippen LogP contribution in [0.3, 0.4) is 0 Å². The molecule has 2 aromatic rings. The molecule has 0 aromatic heterocycles. The minimum absolute atomic E-state index is 0.125. The SMILES string of the molecule is COc1cc([C@H]([NH3+])CC(=O)[O-])ccc1OCCCc1ccccc1. The van der Waals surface area contributed by atoms with E-state index in [4.69, 9.17) is 9.47 Å². The van der Waals surface area contributed by atoms with E-state index in [0.29, 0.717) is 18.1 Å². The third kappa shape index (κ3) is 5.28. The Hall–Kier alpha value is -2.53. The van der Waals surface area contributed by atoms with Crippen molar-refractivity contribution in [3.8, 4) is 11.5 Å². The monoisotopic (exact) mass is 329 g/mol. The summed E-state index contributed by atoms with van der Waals surface area (Å²) in [6, 6.07) is 15.3. The van der Waals surface area contributed by atoms with Crippen LogP contribution in [-0.2, 0) is 11.2 Å². The fourth-order valence-corrected chi connectivity index (χ4v) is 2.48. The number of carbonyl (C=O) groups is 1. The molecular weight excluding hydrogens is 306 g/mol. The van der Waals surface area contributed by atoms with E-state index in [9.17, 15) is 9.90 Å². The lowest BCUT2D eigenvalue weighted by Gasteiger charge is -2.14. The summed E-state index contributed by atoms with van der Waals surface area (Å²) >= 11 is 0. The Morgan fingerprint density at radius 2 is 1.92 bits per heavy atom. The largest absolute Gasteiger partial charge is 0.550 e. The van der Waals surface area contributed by atoms with Crippen LogP contribution in [0.1, 0.15) is 30.0 Å². The van der Waals surface area contributed by atoms with E-state index >= 15 is 0 Å². The Labute approximate surface area is 142 Å². The van der Waals surface area contributed by atoms with E-state index in [1.54, 1.807) is 19.2 Å². The zero-order chi connectivity index (χ0) is 17.4. The number of hydrogen-bond donors (Lipinski definition) is 1. The highest BCUT2D eigenvalue weighted by Gasteiger charge is 2.14. The van der Waals surface area contributed by atoms with Gasteiger partial charge in [0.05, 0.1) is 13.7 Å². The van der Waals surface area contributed by atoms with Gasteiger partial charge in [-0.05, 0) is 36.6 Å². The standard InChI is InChI=1S/C19H23NO4/c1-23-18-12-15(16(20)13-19(21)22)9-10-17(18)24-11-5-8-14-6-3-2-4-7-14/h2-4,6-7,9-10,12,16H,5,8,11,13,20H2,1H3,(H,21,22)/t16-/m1/s1. The highest BCUT2D eigenvalue weighted by Crippen LogP contribution is 2.30. The van der Waals surface area contributed by atoms with Crippen molar-refractivity contribution in [1.29, 1.82) is 0 Å². The van der Waals surface area contributed by atoms with Crippen molar-refractivity contribution in [1.82, 2.24) is 0 Å². The molecule has 5 heteroatoms. The maximum atomic E-state index is 10.7. The van der Waals surface area contributed by atoms with Crippen LogP contribution in [0.4, 0.5) is 0 Å². The van der Waals surface area contributed by atoms with Crippen LogP contribution >= 0.6 is 0 Å². The molecule has 0 bridgehead atoms. The highest BCUT2D eigenvalue weighted by atomic mass is 16.5. The summed E-state index contributed by atoms with van der Waals surface area (Å²) in [7, 11) is 1.56. The molecule has 0 saturated carbocycles. The molecule has 5 nitrogen and oxygen atoms in total. The number of methoxy groups -OCH3 is 1. The zero-order valence-corrected chi connectivity index (χ0v) is 13.9. The summed E-state index contributed by atoms with van der Waals surface area (Å²) in [5, 5.41) is 10.7. The molecule has 3 N–H and O–H groups in total. The van der Waals surface area contributed by atoms with Crippen LogP contribution in [0, 0.1) is 0 Å². The molecular formula is C19H23NO4. The van der Waals surface area contributed by atoms with Crippen LogP contribution < -0.4 is 20.3 Å². The molecule has 0 fully saturated rings. The summed E-state index contributed by atoms with van der Waals surface area (Å²) < 4.78 is 11.1. The van der Waals surface area contributed by atoms with E-state index in [-0.39, 0.29) is 12.5 Å². The van der Waals surface area contributed by atoms with Gasteiger partial charge in [-0.1, -0.05) is 30.3 Å². The van der Waals surface area contributed by atoms with E-state index in [1.165, 1.54) is 5.56 Å². The van der Waals surface area contributed by atoms with Gasteiger partial charge in [0.15, 0.2) is 11.5 Å². The molecule has 0 heterocycles. The van der Waals surface area contributed by atoms with Gasteiger partial charge in [-0.3, -0.25) is 0 Å². The summed E-state index contributed by atoms with van der Waals surface area (Å²) in [6.45, 7) is 0.581. The van der Waals surface area contributed by atoms with Crippen LogP contribution in [0.25, 0.3) is 0 Å². The van der Waals surface area contributed by atoms with Gasteiger partial charge in [-0.2, -0.15) is 0 Å². The maximum Gasteiger partial charge on any atom is 0.161 e. The maximum absolute atomic E-state index is 10.7. The minimum Gasteiger partial charge on any atom is -0.550 e. The minimum atomic E-state index is -1.12. The molecule has 0 radical (unpaired) electrons. The molecule has 1 atom stereocenters. The summed E-state index contributed by atoms with van der Waals surface area (Å²) in [6.07, 6.45) is 1.73. The molecule has 128 valence electrons. The molecule has 0 spiro atoms. The van der Waals surface area contributed by atoms with Crippen molar-refractivity contribution in [2.24, 2.45) is 0 Å². The Morgan fingerprint density at radius 3 is 2.58 bits per heavy atom. The van der Waals surface area contributed by atoms with Crippen LogP contribution in [-0.4, -0.2) is 19.7 Å². The first-order valence-electron chi connectivity index (χ1n) is 7.97. The third-order valence-corrected chi connectivity index (χ3v) is 3.78. The fourth-order valence-electron chi connectivity index (χ4n) is 2.48. The number of aliphatic carboxylic acids is 1. The Kier molecular flexibility index (Phi) is 6.63. The number of rotatable bonds is 9. The predicted octanol–water partition coefficient (Wildman–Crippen LogP) is 1.13. The lowest BCUT2D eigenvalue weighted by Crippen LogP contribution is -2.55. The van der Waals surface area contributed by atoms with Crippen molar-refractivity contribution >= 4 is 5.97 Å². The number of hydrogen-bond acceptors (Lipinski definition) is 4. The molecule has 0 aliphatic carbocycles. The van der Waals surface area contributed by atoms with E-state index in [2.05, 4.69) is 17.9 Å². The van der Waals surface area contributed by atoms with Gasteiger partial charge in [0, 0.05) is 18.0 Å². The molecule has 0 aliphatic heterocycles. The summed E-state index contributed by atoms with van der Waals surface area (Å²) in [5.41, 5.74) is 5.91. The van der Waals surface area contributed by atoms with Gasteiger partial charge in [0.1, 0.15) is 6.04 Å². The van der Waals surface area contributed by atoms with Crippen molar-refractivity contribution in [2.75, 3.05) is 13.7 Å². The second-order valence-electron chi connectivity index (χ2n) is 5.62. The third-order valence-electron chi connectivity index (χ3n) is 3.78. The van der Waals surface area contributed by atoms with E-state index in [1.807, 2.05) is 24.3 Å². The topological polar surface area (TPSA) is 86.2 Å². The number of carboxylic acid groups (broad SMARTS) is 1. The van der Waals surface area contributed by atoms with E-state index < -0.39 is 5.97 Å². The fraction of sp³-hybridized carbons (Fsp3) is 0.316. The second kappa shape index (κ2) is 8.93. The van der Waals surface area contributed by atoms with Gasteiger partial charge in [-0.15, -0.1) is 0 Å². The molecule has 0 saturated heterocycles. The first-order valence-corrected chi connectivity index (χ1v) is 7.97. The molecule has 24 heavy (non-hydrogen) atoms. The van der Waals surface area contributed by atoms with Crippen molar-refractivity contribution in [2.45, 2.75) is 25.3 Å². The second-order valence-corrected chi connectivity index (χ2v) is 5.62. The number of carbonyl (C=O) groups excluding carboxylic acids is 1. The molecule has 0 aliphatic rings. The molecule has 0 amide bonds. The summed E-state index contributed by atoms with van der Waals surface area (Å²) in [5.74, 6) is 0.115. The Morgan fingerprint density at radius 1 is 1.17 bits per heavy atom. The molecule has 2 aromatic carbocycles. The number of quaternary nitrogens is 1. The zero-order valence-electron chi connectivity index (χ0n) is 13.9. The van der Waals surface area contributed by atoms with Crippen molar-refractivity contribution in [3.05, 3.63) is 59.7 Å². The van der Waals surface area contributed by atoms with Crippen LogP contribution in [0.5, 0.6) is 11.5 Å². The van der Waals surface area contributed by atoms with Crippen LogP contribution in [0.15, 0.2) is 48.5 Å². The van der Waals surface area contributed by atoms with Gasteiger partial charge < -0.3 is 25.1 Å². The average molecular weight is 329 g/mol. The first kappa shape index (κ1) is 17.8.